The normalized spacial score (nSPS) is 16.7. The molecule has 0 bridgehead atoms. The lowest BCUT2D eigenvalue weighted by atomic mass is 10.1. The number of carbonyl (C=O) groups excluding carboxylic acids is 1. The van der Waals surface area contributed by atoms with Crippen molar-refractivity contribution in [1.82, 2.24) is 9.21 Å². The van der Waals surface area contributed by atoms with Crippen LogP contribution >= 0.6 is 11.8 Å². The fourth-order valence-electron chi connectivity index (χ4n) is 3.96. The lowest BCUT2D eigenvalue weighted by molar-refractivity contribution is -0.121. The molecule has 3 aromatic rings. The van der Waals surface area contributed by atoms with Crippen molar-refractivity contribution in [3.05, 3.63) is 66.7 Å². The molecule has 1 aliphatic heterocycles. The Bertz CT molecular complexity index is 1220. The molecular weight excluding hydrogens is 442 g/mol. The summed E-state index contributed by atoms with van der Waals surface area (Å²) in [5.41, 5.74) is 0.800. The quantitative estimate of drug-likeness (QED) is 0.555. The van der Waals surface area contributed by atoms with Crippen molar-refractivity contribution >= 4 is 44.2 Å². The summed E-state index contributed by atoms with van der Waals surface area (Å²) < 4.78 is 27.9. The minimum Gasteiger partial charge on any atom is -0.324 e. The Kier molecular flexibility index (Phi) is 6.85. The van der Waals surface area contributed by atoms with Crippen LogP contribution in [0.25, 0.3) is 10.8 Å². The molecule has 0 radical (unpaired) electrons. The van der Waals surface area contributed by atoms with E-state index in [-0.39, 0.29) is 11.9 Å². The highest BCUT2D eigenvalue weighted by Gasteiger charge is 2.32. The van der Waals surface area contributed by atoms with E-state index < -0.39 is 10.0 Å². The van der Waals surface area contributed by atoms with Gasteiger partial charge in [-0.2, -0.15) is 4.31 Å². The van der Waals surface area contributed by atoms with Crippen molar-refractivity contribution in [2.75, 3.05) is 37.8 Å². The number of rotatable bonds is 6. The maximum Gasteiger partial charge on any atom is 0.243 e. The SMILES string of the molecule is CSc1ccccc1NC(=O)[C@@H](C)N1CCN(S(=O)(=O)c2ccc3ccccc3c2)CC1. The number of amides is 1. The highest BCUT2D eigenvalue weighted by atomic mass is 32.2. The van der Waals surface area contributed by atoms with Crippen molar-refractivity contribution < 1.29 is 13.2 Å². The largest absolute Gasteiger partial charge is 0.324 e. The summed E-state index contributed by atoms with van der Waals surface area (Å²) in [7, 11) is -3.58. The minimum absolute atomic E-state index is 0.0858. The number of fused-ring (bicyclic) bond motifs is 1. The maximum absolute atomic E-state index is 13.2. The van der Waals surface area contributed by atoms with Crippen LogP contribution in [0.3, 0.4) is 0 Å². The summed E-state index contributed by atoms with van der Waals surface area (Å²) in [6, 6.07) is 20.3. The van der Waals surface area contributed by atoms with E-state index in [1.54, 1.807) is 23.9 Å². The molecule has 4 rings (SSSR count). The lowest BCUT2D eigenvalue weighted by Gasteiger charge is -2.36. The Hall–Kier alpha value is -2.39. The number of nitrogens with one attached hydrogen (secondary N) is 1. The van der Waals surface area contributed by atoms with Crippen molar-refractivity contribution in [1.29, 1.82) is 0 Å². The van der Waals surface area contributed by atoms with Gasteiger partial charge in [-0.1, -0.05) is 42.5 Å². The predicted molar refractivity (Wildman–Crippen MR) is 131 cm³/mol. The van der Waals surface area contributed by atoms with Gasteiger partial charge in [-0.05, 0) is 48.2 Å². The average Bonchev–Trinajstić information content (AvgIpc) is 2.83. The van der Waals surface area contributed by atoms with Gasteiger partial charge in [0.25, 0.3) is 0 Å². The number of hydrogen-bond acceptors (Lipinski definition) is 5. The van der Waals surface area contributed by atoms with Crippen LogP contribution in [-0.2, 0) is 14.8 Å². The van der Waals surface area contributed by atoms with Crippen molar-refractivity contribution in [3.8, 4) is 0 Å². The first-order valence-corrected chi connectivity index (χ1v) is 13.2. The standard InChI is InChI=1S/C24H27N3O3S2/c1-18(24(28)25-22-9-5-6-10-23(22)31-2)26-13-15-27(16-14-26)32(29,30)21-12-11-19-7-3-4-8-20(19)17-21/h3-12,17-18H,13-16H2,1-2H3,(H,25,28)/t18-/m1/s1. The second-order valence-electron chi connectivity index (χ2n) is 7.81. The Morgan fingerprint density at radius 2 is 1.59 bits per heavy atom. The third-order valence-electron chi connectivity index (χ3n) is 5.92. The van der Waals surface area contributed by atoms with Gasteiger partial charge in [-0.25, -0.2) is 8.42 Å². The monoisotopic (exact) mass is 469 g/mol. The van der Waals surface area contributed by atoms with Gasteiger partial charge < -0.3 is 5.32 Å². The van der Waals surface area contributed by atoms with Gasteiger partial charge in [-0.15, -0.1) is 11.8 Å². The van der Waals surface area contributed by atoms with Gasteiger partial charge in [0.1, 0.15) is 0 Å². The van der Waals surface area contributed by atoms with E-state index >= 15 is 0 Å². The van der Waals surface area contributed by atoms with Crippen molar-refractivity contribution in [2.45, 2.75) is 22.8 Å². The number of carbonyl (C=O) groups is 1. The molecular formula is C24H27N3O3S2. The van der Waals surface area contributed by atoms with Crippen LogP contribution < -0.4 is 5.32 Å². The molecule has 6 nitrogen and oxygen atoms in total. The molecule has 0 aliphatic carbocycles. The second kappa shape index (κ2) is 9.62. The molecule has 1 amide bonds. The fourth-order valence-corrected chi connectivity index (χ4v) is 5.97. The molecule has 8 heteroatoms. The van der Waals surface area contributed by atoms with E-state index in [9.17, 15) is 13.2 Å². The first-order valence-electron chi connectivity index (χ1n) is 10.6. The number of nitrogens with zero attached hydrogens (tertiary/aromatic N) is 2. The molecule has 168 valence electrons. The molecule has 0 unspecified atom stereocenters. The number of benzene rings is 3. The van der Waals surface area contributed by atoms with Crippen molar-refractivity contribution in [3.63, 3.8) is 0 Å². The predicted octanol–water partition coefficient (Wildman–Crippen LogP) is 3.90. The molecule has 1 fully saturated rings. The highest BCUT2D eigenvalue weighted by molar-refractivity contribution is 7.98. The number of hydrogen-bond donors (Lipinski definition) is 1. The third kappa shape index (κ3) is 4.68. The van der Waals surface area contributed by atoms with Crippen LogP contribution in [0.15, 0.2) is 76.5 Å². The van der Waals surface area contributed by atoms with E-state index in [1.807, 2.05) is 72.7 Å². The molecule has 1 saturated heterocycles. The molecule has 1 N–H and O–H groups in total. The molecule has 0 saturated carbocycles. The maximum atomic E-state index is 13.2. The second-order valence-corrected chi connectivity index (χ2v) is 10.6. The van der Waals surface area contributed by atoms with Gasteiger partial charge in [0, 0.05) is 31.1 Å². The summed E-state index contributed by atoms with van der Waals surface area (Å²) >= 11 is 1.58. The zero-order valence-electron chi connectivity index (χ0n) is 18.2. The molecule has 32 heavy (non-hydrogen) atoms. The number of para-hydroxylation sites is 1. The average molecular weight is 470 g/mol. The van der Waals surface area contributed by atoms with Gasteiger partial charge in [-0.3, -0.25) is 9.69 Å². The smallest absolute Gasteiger partial charge is 0.243 e. The third-order valence-corrected chi connectivity index (χ3v) is 8.61. The Morgan fingerprint density at radius 1 is 0.938 bits per heavy atom. The zero-order valence-corrected chi connectivity index (χ0v) is 19.8. The molecule has 0 spiro atoms. The number of anilines is 1. The zero-order chi connectivity index (χ0) is 22.7. The summed E-state index contributed by atoms with van der Waals surface area (Å²) in [4.78, 5) is 16.2. The Balaban J connectivity index is 1.40. The van der Waals surface area contributed by atoms with E-state index in [4.69, 9.17) is 0 Å². The molecule has 3 aromatic carbocycles. The first kappa shape index (κ1) is 22.8. The lowest BCUT2D eigenvalue weighted by Crippen LogP contribution is -2.53. The van der Waals surface area contributed by atoms with Crippen LogP contribution in [0.1, 0.15) is 6.92 Å². The highest BCUT2D eigenvalue weighted by Crippen LogP contribution is 2.26. The van der Waals surface area contributed by atoms with Gasteiger partial charge in [0.05, 0.1) is 16.6 Å². The fraction of sp³-hybridized carbons (Fsp3) is 0.292. The van der Waals surface area contributed by atoms with E-state index in [2.05, 4.69) is 5.32 Å². The molecule has 1 atom stereocenters. The molecule has 0 aromatic heterocycles. The Labute approximate surface area is 193 Å². The van der Waals surface area contributed by atoms with E-state index in [0.29, 0.717) is 31.1 Å². The number of piperazine rings is 1. The van der Waals surface area contributed by atoms with Gasteiger partial charge >= 0.3 is 0 Å². The minimum atomic E-state index is -3.58. The van der Waals surface area contributed by atoms with Crippen LogP contribution in [0.2, 0.25) is 0 Å². The van der Waals surface area contributed by atoms with Crippen LogP contribution in [0, 0.1) is 0 Å². The van der Waals surface area contributed by atoms with Crippen molar-refractivity contribution in [2.24, 2.45) is 0 Å². The topological polar surface area (TPSA) is 69.7 Å². The van der Waals surface area contributed by atoms with E-state index in [1.165, 1.54) is 4.31 Å². The summed E-state index contributed by atoms with van der Waals surface area (Å²) in [5.74, 6) is -0.0858. The number of thioether (sulfide) groups is 1. The molecule has 1 aliphatic rings. The van der Waals surface area contributed by atoms with Crippen LogP contribution in [0.5, 0.6) is 0 Å². The van der Waals surface area contributed by atoms with Gasteiger partial charge in [0.2, 0.25) is 15.9 Å². The Morgan fingerprint density at radius 3 is 2.31 bits per heavy atom. The molecule has 1 heterocycles. The summed E-state index contributed by atoms with van der Waals surface area (Å²) in [6.45, 7) is 3.59. The van der Waals surface area contributed by atoms with Gasteiger partial charge in [0.15, 0.2) is 0 Å². The summed E-state index contributed by atoms with van der Waals surface area (Å²) in [6.07, 6.45) is 1.98. The van der Waals surface area contributed by atoms with E-state index in [0.717, 1.165) is 21.4 Å². The summed E-state index contributed by atoms with van der Waals surface area (Å²) in [5, 5.41) is 4.93. The van der Waals surface area contributed by atoms with Crippen LogP contribution in [-0.4, -0.2) is 62.0 Å². The number of sulfonamides is 1. The first-order chi connectivity index (χ1) is 15.4. The van der Waals surface area contributed by atoms with Crippen LogP contribution in [0.4, 0.5) is 5.69 Å².